The quantitative estimate of drug-likeness (QED) is 0.349. The molecule has 1 aromatic carbocycles. The molecule has 3 heterocycles. The molecule has 0 bridgehead atoms. The number of nitriles is 1. The number of H-pyrrole nitrogens is 1. The molecule has 4 rings (SSSR count). The number of carbonyl (C=O) groups excluding carboxylic acids is 1. The third-order valence-electron chi connectivity index (χ3n) is 5.71. The van der Waals surface area contributed by atoms with Crippen molar-refractivity contribution in [1.29, 1.82) is 5.26 Å². The second kappa shape index (κ2) is 10.1. The number of rotatable bonds is 8. The molecule has 0 radical (unpaired) electrons. The van der Waals surface area contributed by atoms with Crippen LogP contribution in [-0.2, 0) is 18.3 Å². The maximum Gasteiger partial charge on any atom is 0.274 e. The molecule has 0 unspecified atom stereocenters. The number of hydrogen-bond donors (Lipinski definition) is 3. The minimum atomic E-state index is -0.703. The lowest BCUT2D eigenvalue weighted by molar-refractivity contribution is 0.102. The van der Waals surface area contributed by atoms with E-state index in [-0.39, 0.29) is 11.6 Å². The third kappa shape index (κ3) is 5.86. The van der Waals surface area contributed by atoms with Crippen LogP contribution in [-0.4, -0.2) is 31.1 Å². The van der Waals surface area contributed by atoms with Gasteiger partial charge < -0.3 is 10.6 Å². The van der Waals surface area contributed by atoms with Crippen molar-refractivity contribution in [3.8, 4) is 6.07 Å². The van der Waals surface area contributed by atoms with E-state index in [0.717, 1.165) is 41.0 Å². The predicted molar refractivity (Wildman–Crippen MR) is 133 cm³/mol. The van der Waals surface area contributed by atoms with Gasteiger partial charge in [-0.05, 0) is 74.6 Å². The van der Waals surface area contributed by atoms with Crippen LogP contribution in [0.1, 0.15) is 46.7 Å². The van der Waals surface area contributed by atoms with Crippen LogP contribution < -0.4 is 10.6 Å². The second-order valence-corrected chi connectivity index (χ2v) is 8.75. The van der Waals surface area contributed by atoms with Gasteiger partial charge in [0.05, 0.1) is 23.4 Å². The summed E-state index contributed by atoms with van der Waals surface area (Å²) in [7, 11) is 0. The zero-order valence-electron chi connectivity index (χ0n) is 19.8. The molecule has 1 amide bonds. The first-order valence-corrected chi connectivity index (χ1v) is 11.2. The van der Waals surface area contributed by atoms with E-state index < -0.39 is 5.41 Å². The number of anilines is 3. The number of aryl methyl sites for hydroxylation is 3. The first-order chi connectivity index (χ1) is 16.8. The van der Waals surface area contributed by atoms with E-state index in [1.165, 1.54) is 0 Å². The summed E-state index contributed by atoms with van der Waals surface area (Å²) in [4.78, 5) is 25.2. The van der Waals surface area contributed by atoms with Crippen LogP contribution >= 0.6 is 0 Å². The number of hydrogen-bond acceptors (Lipinski definition) is 7. The van der Waals surface area contributed by atoms with Gasteiger partial charge in [0.1, 0.15) is 17.3 Å². The summed E-state index contributed by atoms with van der Waals surface area (Å²) in [5.41, 5.74) is 4.16. The highest BCUT2D eigenvalue weighted by Gasteiger charge is 2.21. The van der Waals surface area contributed by atoms with Crippen molar-refractivity contribution < 1.29 is 4.79 Å². The van der Waals surface area contributed by atoms with Crippen LogP contribution in [0.15, 0.2) is 61.2 Å². The average Bonchev–Trinajstić information content (AvgIpc) is 3.32. The third-order valence-corrected chi connectivity index (χ3v) is 5.71. The molecule has 0 fully saturated rings. The Hall–Kier alpha value is -4.58. The maximum absolute atomic E-state index is 12.8. The van der Waals surface area contributed by atoms with Gasteiger partial charge in [-0.25, -0.2) is 4.98 Å². The van der Waals surface area contributed by atoms with Gasteiger partial charge in [0.2, 0.25) is 0 Å². The smallest absolute Gasteiger partial charge is 0.274 e. The highest BCUT2D eigenvalue weighted by molar-refractivity contribution is 6.03. The zero-order valence-corrected chi connectivity index (χ0v) is 19.8. The topological polar surface area (TPSA) is 132 Å². The molecule has 0 aliphatic rings. The summed E-state index contributed by atoms with van der Waals surface area (Å²) in [6, 6.07) is 13.4. The summed E-state index contributed by atoms with van der Waals surface area (Å²) in [5.74, 6) is 1.06. The molecule has 0 aliphatic heterocycles. The summed E-state index contributed by atoms with van der Waals surface area (Å²) >= 11 is 0. The number of benzene rings is 1. The lowest BCUT2D eigenvalue weighted by Gasteiger charge is -2.16. The monoisotopic (exact) mass is 466 g/mol. The van der Waals surface area contributed by atoms with Crippen LogP contribution in [0.4, 0.5) is 17.3 Å². The summed E-state index contributed by atoms with van der Waals surface area (Å²) in [6.45, 7) is 5.66. The number of carbonyl (C=O) groups is 1. The van der Waals surface area contributed by atoms with Crippen molar-refractivity contribution in [2.45, 2.75) is 39.0 Å². The van der Waals surface area contributed by atoms with Gasteiger partial charge in [0.15, 0.2) is 0 Å². The van der Waals surface area contributed by atoms with E-state index in [1.807, 2.05) is 45.0 Å². The fourth-order valence-corrected chi connectivity index (χ4v) is 3.54. The Morgan fingerprint density at radius 3 is 2.71 bits per heavy atom. The summed E-state index contributed by atoms with van der Waals surface area (Å²) in [6.07, 6.45) is 7.92. The first kappa shape index (κ1) is 23.6. The Balaban J connectivity index is 1.41. The first-order valence-electron chi connectivity index (χ1n) is 11.2. The number of aromatic amines is 1. The predicted octanol–water partition coefficient (Wildman–Crippen LogP) is 4.49. The SMILES string of the molecule is Cc1ccc(NC(=O)c2cc(C(C)(C)C#N)ccn2)cc1CCc1cc(Nc2cnccn2)[nH]n1. The minimum absolute atomic E-state index is 0.271. The van der Waals surface area contributed by atoms with E-state index >= 15 is 0 Å². The molecule has 0 aliphatic carbocycles. The Kier molecular flexibility index (Phi) is 6.83. The largest absolute Gasteiger partial charge is 0.324 e. The lowest BCUT2D eigenvalue weighted by atomic mass is 9.86. The van der Waals surface area contributed by atoms with Crippen molar-refractivity contribution in [3.05, 3.63) is 89.3 Å². The van der Waals surface area contributed by atoms with Gasteiger partial charge in [0.25, 0.3) is 5.91 Å². The Labute approximate surface area is 203 Å². The molecule has 0 saturated carbocycles. The van der Waals surface area contributed by atoms with Crippen molar-refractivity contribution in [2.75, 3.05) is 10.6 Å². The van der Waals surface area contributed by atoms with Gasteiger partial charge in [-0.3, -0.25) is 19.9 Å². The lowest BCUT2D eigenvalue weighted by Crippen LogP contribution is -2.18. The molecule has 176 valence electrons. The number of nitrogens with zero attached hydrogens (tertiary/aromatic N) is 5. The average molecular weight is 467 g/mol. The molecule has 0 spiro atoms. The van der Waals surface area contributed by atoms with E-state index in [4.69, 9.17) is 0 Å². The number of pyridine rings is 1. The Bertz CT molecular complexity index is 1370. The van der Waals surface area contributed by atoms with Crippen LogP contribution in [0.25, 0.3) is 0 Å². The van der Waals surface area contributed by atoms with E-state index in [9.17, 15) is 10.1 Å². The molecule has 35 heavy (non-hydrogen) atoms. The molecule has 0 atom stereocenters. The highest BCUT2D eigenvalue weighted by Crippen LogP contribution is 2.23. The molecule has 4 aromatic rings. The summed E-state index contributed by atoms with van der Waals surface area (Å²) < 4.78 is 0. The van der Waals surface area contributed by atoms with Crippen molar-refractivity contribution in [1.82, 2.24) is 25.1 Å². The molecule has 3 aromatic heterocycles. The fourth-order valence-electron chi connectivity index (χ4n) is 3.54. The van der Waals surface area contributed by atoms with Gasteiger partial charge in [-0.2, -0.15) is 10.4 Å². The fraction of sp³-hybridized carbons (Fsp3) is 0.231. The Morgan fingerprint density at radius 2 is 1.94 bits per heavy atom. The van der Waals surface area contributed by atoms with E-state index in [0.29, 0.717) is 11.5 Å². The van der Waals surface area contributed by atoms with Crippen molar-refractivity contribution >= 4 is 23.2 Å². The van der Waals surface area contributed by atoms with Crippen LogP contribution in [0, 0.1) is 18.3 Å². The van der Waals surface area contributed by atoms with E-state index in [1.54, 1.807) is 36.9 Å². The molecule has 3 N–H and O–H groups in total. The second-order valence-electron chi connectivity index (χ2n) is 8.75. The van der Waals surface area contributed by atoms with Crippen LogP contribution in [0.2, 0.25) is 0 Å². The Morgan fingerprint density at radius 1 is 1.09 bits per heavy atom. The van der Waals surface area contributed by atoms with Crippen LogP contribution in [0.5, 0.6) is 0 Å². The minimum Gasteiger partial charge on any atom is -0.324 e. The van der Waals surface area contributed by atoms with Gasteiger partial charge in [0, 0.05) is 30.3 Å². The molecule has 9 nitrogen and oxygen atoms in total. The van der Waals surface area contributed by atoms with Crippen molar-refractivity contribution in [3.63, 3.8) is 0 Å². The molecular weight excluding hydrogens is 440 g/mol. The van der Waals surface area contributed by atoms with Gasteiger partial charge >= 0.3 is 0 Å². The number of amides is 1. The number of nitrogens with one attached hydrogen (secondary N) is 3. The molecule has 0 saturated heterocycles. The van der Waals surface area contributed by atoms with Crippen LogP contribution in [0.3, 0.4) is 0 Å². The van der Waals surface area contributed by atoms with Crippen molar-refractivity contribution in [2.24, 2.45) is 0 Å². The maximum atomic E-state index is 12.8. The van der Waals surface area contributed by atoms with Gasteiger partial charge in [-0.15, -0.1) is 0 Å². The standard InChI is InChI=1S/C26H26N8O/c1-17-4-6-20(31-25(35)22-13-19(8-9-29-22)26(2,3)16-27)12-18(17)5-7-21-14-23(34-33-21)32-24-15-28-10-11-30-24/h4,6,8-15H,5,7H2,1-3H3,(H,31,35)(H2,30,32,33,34). The van der Waals surface area contributed by atoms with Gasteiger partial charge in [-0.1, -0.05) is 6.07 Å². The number of aromatic nitrogens is 5. The molecular formula is C26H26N8O. The van der Waals surface area contributed by atoms with E-state index in [2.05, 4.69) is 41.9 Å². The summed E-state index contributed by atoms with van der Waals surface area (Å²) in [5, 5.41) is 22.8. The highest BCUT2D eigenvalue weighted by atomic mass is 16.1. The zero-order chi connectivity index (χ0) is 24.8. The molecule has 9 heteroatoms. The normalized spacial score (nSPS) is 11.0.